The average molecular weight is 299 g/mol. The SMILES string of the molecule is N#Cc1cc([N+](=O)[O-])ccc1N1CCOC(c2ccco2)C1. The van der Waals surface area contributed by atoms with E-state index < -0.39 is 4.92 Å². The number of morpholine rings is 1. The number of hydrogen-bond donors (Lipinski definition) is 0. The smallest absolute Gasteiger partial charge is 0.270 e. The number of anilines is 1. The molecular formula is C15H13N3O4. The zero-order chi connectivity index (χ0) is 15.5. The van der Waals surface area contributed by atoms with Crippen LogP contribution in [0.15, 0.2) is 41.0 Å². The van der Waals surface area contributed by atoms with Crippen LogP contribution in [0, 0.1) is 21.4 Å². The van der Waals surface area contributed by atoms with Gasteiger partial charge in [-0.25, -0.2) is 0 Å². The predicted molar refractivity (Wildman–Crippen MR) is 77.4 cm³/mol. The van der Waals surface area contributed by atoms with Crippen LogP contribution in [0.4, 0.5) is 11.4 Å². The minimum atomic E-state index is -0.504. The van der Waals surface area contributed by atoms with Gasteiger partial charge in [0.15, 0.2) is 0 Å². The van der Waals surface area contributed by atoms with E-state index in [-0.39, 0.29) is 17.4 Å². The molecule has 0 spiro atoms. The maximum absolute atomic E-state index is 10.8. The summed E-state index contributed by atoms with van der Waals surface area (Å²) in [6.45, 7) is 1.64. The monoisotopic (exact) mass is 299 g/mol. The molecule has 1 aliphatic heterocycles. The molecule has 1 saturated heterocycles. The molecule has 1 atom stereocenters. The normalized spacial score (nSPS) is 18.0. The molecular weight excluding hydrogens is 286 g/mol. The third kappa shape index (κ3) is 2.64. The van der Waals surface area contributed by atoms with Crippen molar-refractivity contribution in [2.24, 2.45) is 0 Å². The lowest BCUT2D eigenvalue weighted by Crippen LogP contribution is -2.38. The molecule has 1 fully saturated rings. The fraction of sp³-hybridized carbons (Fsp3) is 0.267. The molecule has 0 aliphatic carbocycles. The van der Waals surface area contributed by atoms with E-state index in [2.05, 4.69) is 0 Å². The number of nitro groups is 1. The standard InChI is InChI=1S/C15H13N3O4/c16-9-11-8-12(18(19)20)3-4-13(11)17-5-7-22-15(10-17)14-2-1-6-21-14/h1-4,6,8,15H,5,7,10H2. The first-order valence-corrected chi connectivity index (χ1v) is 6.77. The van der Waals surface area contributed by atoms with Gasteiger partial charge in [-0.1, -0.05) is 0 Å². The summed E-state index contributed by atoms with van der Waals surface area (Å²) in [5.41, 5.74) is 0.874. The topological polar surface area (TPSA) is 92.5 Å². The third-order valence-electron chi connectivity index (χ3n) is 3.58. The molecule has 0 radical (unpaired) electrons. The predicted octanol–water partition coefficient (Wildman–Crippen LogP) is 2.64. The molecule has 0 bridgehead atoms. The van der Waals surface area contributed by atoms with Crippen molar-refractivity contribution in [1.82, 2.24) is 0 Å². The van der Waals surface area contributed by atoms with E-state index in [4.69, 9.17) is 9.15 Å². The Morgan fingerprint density at radius 3 is 2.95 bits per heavy atom. The van der Waals surface area contributed by atoms with Crippen LogP contribution in [0.3, 0.4) is 0 Å². The van der Waals surface area contributed by atoms with Gasteiger partial charge >= 0.3 is 0 Å². The second-order valence-corrected chi connectivity index (χ2v) is 4.89. The van der Waals surface area contributed by atoms with E-state index in [1.165, 1.54) is 12.1 Å². The molecule has 22 heavy (non-hydrogen) atoms. The summed E-state index contributed by atoms with van der Waals surface area (Å²) in [5, 5.41) is 20.1. The molecule has 0 N–H and O–H groups in total. The van der Waals surface area contributed by atoms with Gasteiger partial charge in [0.1, 0.15) is 17.9 Å². The number of nitrogens with zero attached hydrogens (tertiary/aromatic N) is 3. The van der Waals surface area contributed by atoms with Gasteiger partial charge in [0.05, 0.1) is 35.6 Å². The summed E-state index contributed by atoms with van der Waals surface area (Å²) in [7, 11) is 0. The lowest BCUT2D eigenvalue weighted by molar-refractivity contribution is -0.384. The number of hydrogen-bond acceptors (Lipinski definition) is 6. The molecule has 1 aliphatic rings. The van der Waals surface area contributed by atoms with Crippen molar-refractivity contribution in [3.05, 3.63) is 58.0 Å². The lowest BCUT2D eigenvalue weighted by Gasteiger charge is -2.34. The molecule has 1 aromatic heterocycles. The maximum Gasteiger partial charge on any atom is 0.270 e. The first-order chi connectivity index (χ1) is 10.7. The molecule has 1 aromatic carbocycles. The highest BCUT2D eigenvalue weighted by Gasteiger charge is 2.26. The molecule has 7 heteroatoms. The van der Waals surface area contributed by atoms with Crippen LogP contribution >= 0.6 is 0 Å². The van der Waals surface area contributed by atoms with Gasteiger partial charge < -0.3 is 14.1 Å². The van der Waals surface area contributed by atoms with Crippen LogP contribution in [-0.2, 0) is 4.74 Å². The van der Waals surface area contributed by atoms with Gasteiger partial charge in [-0.3, -0.25) is 10.1 Å². The Labute approximate surface area is 126 Å². The quantitative estimate of drug-likeness (QED) is 0.639. The summed E-state index contributed by atoms with van der Waals surface area (Å²) in [4.78, 5) is 12.3. The van der Waals surface area contributed by atoms with Crippen LogP contribution in [0.5, 0.6) is 0 Å². The van der Waals surface area contributed by atoms with E-state index in [9.17, 15) is 15.4 Å². The highest BCUT2D eigenvalue weighted by atomic mass is 16.6. The van der Waals surface area contributed by atoms with Gasteiger partial charge in [-0.2, -0.15) is 5.26 Å². The summed E-state index contributed by atoms with van der Waals surface area (Å²) >= 11 is 0. The van der Waals surface area contributed by atoms with Crippen molar-refractivity contribution in [2.75, 3.05) is 24.6 Å². The molecule has 7 nitrogen and oxygen atoms in total. The lowest BCUT2D eigenvalue weighted by atomic mass is 10.1. The van der Waals surface area contributed by atoms with Crippen molar-refractivity contribution in [2.45, 2.75) is 6.10 Å². The van der Waals surface area contributed by atoms with Crippen LogP contribution in [0.1, 0.15) is 17.4 Å². The van der Waals surface area contributed by atoms with Gasteiger partial charge in [-0.15, -0.1) is 0 Å². The number of non-ortho nitro benzene ring substituents is 1. The van der Waals surface area contributed by atoms with E-state index in [1.807, 2.05) is 17.0 Å². The summed E-state index contributed by atoms with van der Waals surface area (Å²) in [6, 6.07) is 9.99. The maximum atomic E-state index is 10.8. The second-order valence-electron chi connectivity index (χ2n) is 4.89. The number of ether oxygens (including phenoxy) is 1. The highest BCUT2D eigenvalue weighted by molar-refractivity contribution is 5.63. The summed E-state index contributed by atoms with van der Waals surface area (Å²) in [5.74, 6) is 0.727. The van der Waals surface area contributed by atoms with E-state index in [0.29, 0.717) is 25.4 Å². The first-order valence-electron chi connectivity index (χ1n) is 6.77. The number of benzene rings is 1. The fourth-order valence-electron chi connectivity index (χ4n) is 2.52. The van der Waals surface area contributed by atoms with Crippen LogP contribution < -0.4 is 4.90 Å². The Morgan fingerprint density at radius 2 is 2.27 bits per heavy atom. The van der Waals surface area contributed by atoms with Gasteiger partial charge in [0.25, 0.3) is 5.69 Å². The van der Waals surface area contributed by atoms with Crippen LogP contribution in [-0.4, -0.2) is 24.6 Å². The van der Waals surface area contributed by atoms with Gasteiger partial charge in [0, 0.05) is 18.7 Å². The Balaban J connectivity index is 1.87. The molecule has 112 valence electrons. The fourth-order valence-corrected chi connectivity index (χ4v) is 2.52. The molecule has 1 unspecified atom stereocenters. The molecule has 2 heterocycles. The molecule has 0 saturated carbocycles. The number of nitro benzene ring substituents is 1. The second kappa shape index (κ2) is 5.87. The van der Waals surface area contributed by atoms with E-state index >= 15 is 0 Å². The number of furan rings is 1. The Morgan fingerprint density at radius 1 is 1.41 bits per heavy atom. The van der Waals surface area contributed by atoms with Crippen LogP contribution in [0.2, 0.25) is 0 Å². The highest BCUT2D eigenvalue weighted by Crippen LogP contribution is 2.30. The Kier molecular flexibility index (Phi) is 3.76. The molecule has 2 aromatic rings. The summed E-state index contributed by atoms with van der Waals surface area (Å²) < 4.78 is 11.0. The number of nitriles is 1. The molecule has 3 rings (SSSR count). The minimum absolute atomic E-state index is 0.0869. The largest absolute Gasteiger partial charge is 0.467 e. The van der Waals surface area contributed by atoms with Crippen molar-refractivity contribution in [3.63, 3.8) is 0 Å². The molecule has 0 amide bonds. The van der Waals surface area contributed by atoms with Gasteiger partial charge in [0.2, 0.25) is 0 Å². The zero-order valence-corrected chi connectivity index (χ0v) is 11.6. The van der Waals surface area contributed by atoms with Crippen molar-refractivity contribution in [3.8, 4) is 6.07 Å². The first kappa shape index (κ1) is 14.1. The minimum Gasteiger partial charge on any atom is -0.467 e. The zero-order valence-electron chi connectivity index (χ0n) is 11.6. The van der Waals surface area contributed by atoms with Crippen molar-refractivity contribution < 1.29 is 14.1 Å². The van der Waals surface area contributed by atoms with Crippen molar-refractivity contribution >= 4 is 11.4 Å². The van der Waals surface area contributed by atoms with E-state index in [1.54, 1.807) is 18.4 Å². The Bertz CT molecular complexity index is 721. The van der Waals surface area contributed by atoms with E-state index in [0.717, 1.165) is 5.76 Å². The third-order valence-corrected chi connectivity index (χ3v) is 3.58. The van der Waals surface area contributed by atoms with Gasteiger partial charge in [-0.05, 0) is 18.2 Å². The summed E-state index contributed by atoms with van der Waals surface area (Å²) in [6.07, 6.45) is 1.37. The number of rotatable bonds is 3. The van der Waals surface area contributed by atoms with Crippen molar-refractivity contribution in [1.29, 1.82) is 5.26 Å². The van der Waals surface area contributed by atoms with Crippen LogP contribution in [0.25, 0.3) is 0 Å². The Hall–Kier alpha value is -2.85. The average Bonchev–Trinajstić information content (AvgIpc) is 3.09.